The number of hydrogen-bond acceptors (Lipinski definition) is 6. The molecule has 0 fully saturated rings. The van der Waals surface area contributed by atoms with Crippen molar-refractivity contribution in [1.82, 2.24) is 0 Å². The summed E-state index contributed by atoms with van der Waals surface area (Å²) in [6.07, 6.45) is 0. The Morgan fingerprint density at radius 3 is 0.639 bits per heavy atom. The van der Waals surface area contributed by atoms with Crippen LogP contribution in [0.25, 0.3) is 0 Å². The Hall–Kier alpha value is -16.5. The van der Waals surface area contributed by atoms with Gasteiger partial charge in [-0.1, -0.05) is 143 Å². The molecule has 0 unspecified atom stereocenters. The normalized spacial score (nSPS) is 10.7. The number of halogens is 18. The predicted molar refractivity (Wildman–Crippen MR) is 543 cm³/mol. The van der Waals surface area contributed by atoms with E-state index in [1.54, 1.807) is 170 Å². The molecule has 0 spiro atoms. The van der Waals surface area contributed by atoms with Crippen LogP contribution in [0.1, 0.15) is 66.8 Å². The van der Waals surface area contributed by atoms with Gasteiger partial charge >= 0.3 is 0 Å². The summed E-state index contributed by atoms with van der Waals surface area (Å²) in [6, 6.07) is 95.4. The van der Waals surface area contributed by atoms with Crippen molar-refractivity contribution in [2.45, 2.75) is 83.1 Å². The molecule has 18 aromatic carbocycles. The monoisotopic (exact) mass is 1960 g/mol. The van der Waals surface area contributed by atoms with Crippen molar-refractivity contribution in [2.24, 2.45) is 0 Å². The van der Waals surface area contributed by atoms with E-state index in [1.165, 1.54) is 113 Å². The molecule has 0 bridgehead atoms. The van der Waals surface area contributed by atoms with Crippen molar-refractivity contribution in [3.05, 3.63) is 535 Å². The molecule has 0 saturated carbocycles. The number of aryl methyl sites for hydroxylation is 12. The first-order valence-corrected chi connectivity index (χ1v) is 45.2. The molecule has 0 aliphatic heterocycles. The van der Waals surface area contributed by atoms with Gasteiger partial charge in [0, 0.05) is 92.5 Å². The van der Waals surface area contributed by atoms with Gasteiger partial charge < -0.3 is 29.4 Å². The van der Waals surface area contributed by atoms with Gasteiger partial charge in [0.1, 0.15) is 63.9 Å². The Morgan fingerprint density at radius 2 is 0.347 bits per heavy atom. The lowest BCUT2D eigenvalue weighted by atomic mass is 10.1. The molecule has 0 radical (unpaired) electrons. The summed E-state index contributed by atoms with van der Waals surface area (Å²) in [7, 11) is 0. The second-order valence-electron chi connectivity index (χ2n) is 34.3. The molecule has 18 rings (SSSR count). The van der Waals surface area contributed by atoms with E-state index in [9.17, 15) is 79.0 Å². The first-order valence-electron chi connectivity index (χ1n) is 45.2. The fourth-order valence-corrected chi connectivity index (χ4v) is 15.1. The van der Waals surface area contributed by atoms with Crippen LogP contribution in [-0.4, -0.2) is 0 Å². The van der Waals surface area contributed by atoms with Gasteiger partial charge in [-0.15, -0.1) is 0 Å². The summed E-state index contributed by atoms with van der Waals surface area (Å²) in [6.45, 7) is 22.0. The highest BCUT2D eigenvalue weighted by molar-refractivity contribution is 5.84. The van der Waals surface area contributed by atoms with Crippen LogP contribution in [0.3, 0.4) is 0 Å². The van der Waals surface area contributed by atoms with E-state index in [0.29, 0.717) is 85.7 Å². The highest BCUT2D eigenvalue weighted by Crippen LogP contribution is 2.46. The van der Waals surface area contributed by atoms with Gasteiger partial charge in [0.25, 0.3) is 0 Å². The van der Waals surface area contributed by atoms with E-state index in [1.807, 2.05) is 163 Å². The fourth-order valence-electron chi connectivity index (χ4n) is 15.1. The molecule has 144 heavy (non-hydrogen) atoms. The third-order valence-corrected chi connectivity index (χ3v) is 23.0. The van der Waals surface area contributed by atoms with E-state index < -0.39 is 81.4 Å². The first-order chi connectivity index (χ1) is 68.7. The van der Waals surface area contributed by atoms with Crippen molar-refractivity contribution in [1.29, 1.82) is 0 Å². The second kappa shape index (κ2) is 47.2. The third kappa shape index (κ3) is 26.2. The van der Waals surface area contributed by atoms with E-state index in [-0.39, 0.29) is 57.4 Å². The lowest BCUT2D eigenvalue weighted by Gasteiger charge is -2.26. The van der Waals surface area contributed by atoms with Crippen LogP contribution in [0.5, 0.6) is 0 Å². The van der Waals surface area contributed by atoms with Crippen molar-refractivity contribution in [2.75, 3.05) is 29.4 Å². The van der Waals surface area contributed by atoms with E-state index in [2.05, 4.69) is 0 Å². The Kier molecular flexibility index (Phi) is 34.4. The van der Waals surface area contributed by atoms with E-state index in [0.717, 1.165) is 79.6 Å². The van der Waals surface area contributed by atoms with E-state index >= 15 is 0 Å². The summed E-state index contributed by atoms with van der Waals surface area (Å²) < 4.78 is 250. The Bertz CT molecular complexity index is 7020. The second-order valence-corrected chi connectivity index (χ2v) is 34.3. The number of rotatable bonds is 18. The standard InChI is InChI=1S/6C20H16F3N/c1-13-3-9-19(17(22)11-13)24(16-7-5-15(21)6-8-16)20-10-4-14(2)12-18(20)23;1-13-3-10-20(19(23)11-13)24(16-8-5-15(21)6-9-16)17-7-4-14(2)18(22)12-17;1-13-3-7-17(11-19(13)22)24(16-9-5-15(21)6-10-16)18-8-4-14(2)20(23)12-18;1-13-3-7-16(8-4-13)24(17-9-5-14(2)6-10-17)20-18(22)11-15(21)12-19(20)23;1-13-3-7-15(8-4-13)24(16-9-5-14(2)6-10-16)17-11-18(21)20(23)19(22)12-17;1-13-3-7-15(8-4-13)24(16-9-5-14(2)6-10-16)18-12-11-17(21)19(22)20(18)23/h6*3-12H,1-2H3. The fraction of sp³-hybridized carbons (Fsp3) is 0.100. The molecule has 732 valence electrons. The average Bonchev–Trinajstić information content (AvgIpc) is 0.515. The van der Waals surface area contributed by atoms with Crippen LogP contribution >= 0.6 is 0 Å². The van der Waals surface area contributed by atoms with Gasteiger partial charge in [-0.2, -0.15) is 0 Å². The van der Waals surface area contributed by atoms with Crippen LogP contribution in [0.4, 0.5) is 181 Å². The summed E-state index contributed by atoms with van der Waals surface area (Å²) in [5.41, 5.74) is 17.8. The Labute approximate surface area is 824 Å². The van der Waals surface area contributed by atoms with Crippen LogP contribution in [0, 0.1) is 188 Å². The minimum absolute atomic E-state index is 0.0402. The molecular weight excluding hydrogens is 1870 g/mol. The average molecular weight is 1960 g/mol. The summed E-state index contributed by atoms with van der Waals surface area (Å²) >= 11 is 0. The highest BCUT2D eigenvalue weighted by Gasteiger charge is 2.28. The minimum Gasteiger partial charge on any atom is -0.310 e. The molecule has 0 aliphatic carbocycles. The molecule has 6 nitrogen and oxygen atoms in total. The first kappa shape index (κ1) is 105. The lowest BCUT2D eigenvalue weighted by Crippen LogP contribution is -2.14. The van der Waals surface area contributed by atoms with Gasteiger partial charge in [0.05, 0.1) is 28.4 Å². The minimum atomic E-state index is -1.48. The summed E-state index contributed by atoms with van der Waals surface area (Å²) in [4.78, 5) is 9.40. The molecular formula is C120H96F18N6. The zero-order valence-corrected chi connectivity index (χ0v) is 80.1. The number of anilines is 18. The molecule has 0 N–H and O–H groups in total. The van der Waals surface area contributed by atoms with Crippen molar-refractivity contribution < 1.29 is 79.0 Å². The molecule has 0 atom stereocenters. The van der Waals surface area contributed by atoms with Crippen molar-refractivity contribution >= 4 is 102 Å². The van der Waals surface area contributed by atoms with Crippen LogP contribution < -0.4 is 29.4 Å². The summed E-state index contributed by atoms with van der Waals surface area (Å²) in [5, 5.41) is 0. The summed E-state index contributed by atoms with van der Waals surface area (Å²) in [5.74, 6) is -14.3. The molecule has 0 aromatic heterocycles. The maximum atomic E-state index is 14.5. The maximum absolute atomic E-state index is 14.5. The molecule has 0 amide bonds. The zero-order chi connectivity index (χ0) is 104. The Morgan fingerprint density at radius 1 is 0.125 bits per heavy atom. The lowest BCUT2D eigenvalue weighted by molar-refractivity contribution is 0.447. The van der Waals surface area contributed by atoms with Gasteiger partial charge in [0.2, 0.25) is 0 Å². The topological polar surface area (TPSA) is 19.4 Å². The van der Waals surface area contributed by atoms with Crippen LogP contribution in [-0.2, 0) is 0 Å². The number of nitrogens with zero attached hydrogens (tertiary/aromatic N) is 6. The molecule has 0 heterocycles. The zero-order valence-electron chi connectivity index (χ0n) is 80.1. The van der Waals surface area contributed by atoms with E-state index in [4.69, 9.17) is 0 Å². The smallest absolute Gasteiger partial charge is 0.196 e. The van der Waals surface area contributed by atoms with Crippen LogP contribution in [0.2, 0.25) is 0 Å². The number of hydrogen-bond donors (Lipinski definition) is 0. The van der Waals surface area contributed by atoms with Gasteiger partial charge in [0.15, 0.2) is 46.5 Å². The largest absolute Gasteiger partial charge is 0.310 e. The van der Waals surface area contributed by atoms with Gasteiger partial charge in [-0.25, -0.2) is 79.0 Å². The maximum Gasteiger partial charge on any atom is 0.196 e. The molecule has 0 aliphatic rings. The van der Waals surface area contributed by atoms with Gasteiger partial charge in [-0.3, -0.25) is 0 Å². The van der Waals surface area contributed by atoms with Crippen LogP contribution in [0.15, 0.2) is 364 Å². The number of benzene rings is 18. The third-order valence-electron chi connectivity index (χ3n) is 23.0. The quantitative estimate of drug-likeness (QED) is 0.0625. The Balaban J connectivity index is 0.000000145. The predicted octanol–water partition coefficient (Wildman–Crippen LogP) is 37.1. The SMILES string of the molecule is Cc1ccc(N(c2ccc(C)cc2)c2c(F)cc(F)cc2F)cc1.Cc1ccc(N(c2ccc(C)cc2)c2cc(F)c(F)c(F)c2)cc1.Cc1ccc(N(c2ccc(C)cc2)c2ccc(F)c(F)c2F)cc1.Cc1ccc(N(c2ccc(F)cc2)c2ccc(C)c(F)c2)c(F)c1.Cc1ccc(N(c2ccc(F)cc2)c2ccc(C)c(F)c2)cc1F.Cc1ccc(N(c2ccc(F)cc2)c2ccc(C)cc2F)c(F)c1. The molecule has 18 aromatic rings. The molecule has 0 saturated heterocycles. The van der Waals surface area contributed by atoms with Crippen molar-refractivity contribution in [3.63, 3.8) is 0 Å². The molecule has 24 heteroatoms. The van der Waals surface area contributed by atoms with Crippen molar-refractivity contribution in [3.8, 4) is 0 Å². The van der Waals surface area contributed by atoms with Gasteiger partial charge in [-0.05, 0) is 347 Å². The highest BCUT2D eigenvalue weighted by atomic mass is 19.2.